The standard InChI is InChI=1S/C15H17ClN2O2/c1-9(2)20-12-5-3-4-10(6-12)14(19)13-7-11(16)8-18-15(13)17/h3-9,14,19H,1-2H3,(H2,17,18). The Morgan fingerprint density at radius 2 is 2.05 bits per heavy atom. The highest BCUT2D eigenvalue weighted by Gasteiger charge is 2.15. The molecule has 0 radical (unpaired) electrons. The number of aromatic nitrogens is 1. The van der Waals surface area contributed by atoms with Crippen molar-refractivity contribution >= 4 is 17.4 Å². The van der Waals surface area contributed by atoms with Crippen molar-refractivity contribution in [2.75, 3.05) is 5.73 Å². The zero-order valence-electron chi connectivity index (χ0n) is 11.4. The Kier molecular flexibility index (Phi) is 4.47. The molecule has 2 aromatic rings. The molecule has 3 N–H and O–H groups in total. The van der Waals surface area contributed by atoms with Crippen LogP contribution in [0.5, 0.6) is 5.75 Å². The SMILES string of the molecule is CC(C)Oc1cccc(C(O)c2cc(Cl)cnc2N)c1. The maximum atomic E-state index is 10.4. The van der Waals surface area contributed by atoms with Crippen LogP contribution in [-0.2, 0) is 0 Å². The highest BCUT2D eigenvalue weighted by molar-refractivity contribution is 6.30. The third-order valence-electron chi connectivity index (χ3n) is 2.76. The van der Waals surface area contributed by atoms with Gasteiger partial charge in [0.2, 0.25) is 0 Å². The van der Waals surface area contributed by atoms with Crippen molar-refractivity contribution < 1.29 is 9.84 Å². The molecular weight excluding hydrogens is 276 g/mol. The highest BCUT2D eigenvalue weighted by atomic mass is 35.5. The van der Waals surface area contributed by atoms with Gasteiger partial charge in [0.15, 0.2) is 0 Å². The fraction of sp³-hybridized carbons (Fsp3) is 0.267. The van der Waals surface area contributed by atoms with Crippen molar-refractivity contribution in [2.45, 2.75) is 26.1 Å². The number of nitrogens with two attached hydrogens (primary N) is 1. The number of anilines is 1. The molecule has 0 saturated heterocycles. The van der Waals surface area contributed by atoms with E-state index in [1.54, 1.807) is 18.2 Å². The van der Waals surface area contributed by atoms with Crippen LogP contribution >= 0.6 is 11.6 Å². The summed E-state index contributed by atoms with van der Waals surface area (Å²) in [5.41, 5.74) is 6.95. The number of halogens is 1. The molecule has 0 amide bonds. The summed E-state index contributed by atoms with van der Waals surface area (Å²) >= 11 is 5.89. The number of nitrogen functional groups attached to an aromatic ring is 1. The average Bonchev–Trinajstić information content (AvgIpc) is 2.40. The van der Waals surface area contributed by atoms with Crippen LogP contribution in [0.1, 0.15) is 31.1 Å². The quantitative estimate of drug-likeness (QED) is 0.908. The zero-order chi connectivity index (χ0) is 14.7. The number of rotatable bonds is 4. The van der Waals surface area contributed by atoms with E-state index >= 15 is 0 Å². The molecule has 0 fully saturated rings. The molecule has 1 aromatic carbocycles. The molecule has 1 atom stereocenters. The second-order valence-electron chi connectivity index (χ2n) is 4.77. The van der Waals surface area contributed by atoms with E-state index in [2.05, 4.69) is 4.98 Å². The van der Waals surface area contributed by atoms with Crippen LogP contribution in [0.2, 0.25) is 5.02 Å². The van der Waals surface area contributed by atoms with Crippen LogP contribution in [0.4, 0.5) is 5.82 Å². The lowest BCUT2D eigenvalue weighted by Crippen LogP contribution is -2.08. The molecule has 0 bridgehead atoms. The maximum Gasteiger partial charge on any atom is 0.129 e. The molecule has 0 aliphatic rings. The van der Waals surface area contributed by atoms with Gasteiger partial charge in [-0.25, -0.2) is 4.98 Å². The van der Waals surface area contributed by atoms with Crippen molar-refractivity contribution in [1.82, 2.24) is 4.98 Å². The number of nitrogens with zero attached hydrogens (tertiary/aromatic N) is 1. The minimum atomic E-state index is -0.892. The van der Waals surface area contributed by atoms with Gasteiger partial charge in [0.25, 0.3) is 0 Å². The number of aliphatic hydroxyl groups excluding tert-OH is 1. The number of aliphatic hydroxyl groups is 1. The van der Waals surface area contributed by atoms with Crippen LogP contribution in [0, 0.1) is 0 Å². The third kappa shape index (κ3) is 3.40. The molecule has 0 saturated carbocycles. The summed E-state index contributed by atoms with van der Waals surface area (Å²) in [5, 5.41) is 10.9. The number of hydrogen-bond acceptors (Lipinski definition) is 4. The Bertz CT molecular complexity index is 602. The molecule has 106 valence electrons. The van der Waals surface area contributed by atoms with E-state index in [-0.39, 0.29) is 11.9 Å². The molecule has 1 heterocycles. The molecular formula is C15H17ClN2O2. The summed E-state index contributed by atoms with van der Waals surface area (Å²) in [4.78, 5) is 3.95. The van der Waals surface area contributed by atoms with Crippen LogP contribution < -0.4 is 10.5 Å². The van der Waals surface area contributed by atoms with Gasteiger partial charge in [-0.05, 0) is 37.6 Å². The van der Waals surface area contributed by atoms with E-state index in [0.29, 0.717) is 21.9 Å². The van der Waals surface area contributed by atoms with Gasteiger partial charge < -0.3 is 15.6 Å². The minimum Gasteiger partial charge on any atom is -0.491 e. The summed E-state index contributed by atoms with van der Waals surface area (Å²) in [6, 6.07) is 8.87. The molecule has 2 rings (SSSR count). The Labute approximate surface area is 123 Å². The van der Waals surface area contributed by atoms with E-state index in [4.69, 9.17) is 22.1 Å². The van der Waals surface area contributed by atoms with Crippen LogP contribution in [0.3, 0.4) is 0 Å². The molecule has 0 aliphatic heterocycles. The van der Waals surface area contributed by atoms with E-state index in [0.717, 1.165) is 0 Å². The molecule has 4 nitrogen and oxygen atoms in total. The van der Waals surface area contributed by atoms with Crippen LogP contribution in [-0.4, -0.2) is 16.2 Å². The smallest absolute Gasteiger partial charge is 0.129 e. The van der Waals surface area contributed by atoms with Crippen molar-refractivity contribution in [3.8, 4) is 5.75 Å². The monoisotopic (exact) mass is 292 g/mol. The van der Waals surface area contributed by atoms with Crippen molar-refractivity contribution in [3.63, 3.8) is 0 Å². The van der Waals surface area contributed by atoms with Gasteiger partial charge in [0, 0.05) is 11.8 Å². The first-order valence-electron chi connectivity index (χ1n) is 6.33. The number of pyridine rings is 1. The number of benzene rings is 1. The second-order valence-corrected chi connectivity index (χ2v) is 5.21. The summed E-state index contributed by atoms with van der Waals surface area (Å²) in [7, 11) is 0. The first-order chi connectivity index (χ1) is 9.47. The number of hydrogen-bond donors (Lipinski definition) is 2. The summed E-state index contributed by atoms with van der Waals surface area (Å²) in [5.74, 6) is 0.960. The lowest BCUT2D eigenvalue weighted by Gasteiger charge is -2.16. The Morgan fingerprint density at radius 3 is 2.75 bits per heavy atom. The van der Waals surface area contributed by atoms with Gasteiger partial charge in [-0.1, -0.05) is 23.7 Å². The fourth-order valence-electron chi connectivity index (χ4n) is 1.89. The van der Waals surface area contributed by atoms with Crippen LogP contribution in [0.15, 0.2) is 36.5 Å². The van der Waals surface area contributed by atoms with E-state index in [9.17, 15) is 5.11 Å². The maximum absolute atomic E-state index is 10.4. The second kappa shape index (κ2) is 6.11. The first-order valence-corrected chi connectivity index (χ1v) is 6.70. The molecule has 1 unspecified atom stereocenters. The zero-order valence-corrected chi connectivity index (χ0v) is 12.1. The molecule has 5 heteroatoms. The van der Waals surface area contributed by atoms with Crippen LogP contribution in [0.25, 0.3) is 0 Å². The summed E-state index contributed by atoms with van der Waals surface area (Å²) in [6.45, 7) is 3.89. The Balaban J connectivity index is 2.33. The van der Waals surface area contributed by atoms with E-state index in [1.807, 2.05) is 26.0 Å². The number of ether oxygens (including phenoxy) is 1. The predicted octanol–water partition coefficient (Wildman–Crippen LogP) is 3.19. The van der Waals surface area contributed by atoms with E-state index < -0.39 is 6.10 Å². The lowest BCUT2D eigenvalue weighted by molar-refractivity contribution is 0.217. The molecule has 1 aromatic heterocycles. The molecule has 0 spiro atoms. The van der Waals surface area contributed by atoms with Crippen molar-refractivity contribution in [1.29, 1.82) is 0 Å². The van der Waals surface area contributed by atoms with Crippen molar-refractivity contribution in [2.24, 2.45) is 0 Å². The molecule has 20 heavy (non-hydrogen) atoms. The highest BCUT2D eigenvalue weighted by Crippen LogP contribution is 2.29. The average molecular weight is 293 g/mol. The lowest BCUT2D eigenvalue weighted by atomic mass is 10.0. The Morgan fingerprint density at radius 1 is 1.30 bits per heavy atom. The fourth-order valence-corrected chi connectivity index (χ4v) is 2.06. The topological polar surface area (TPSA) is 68.4 Å². The Hall–Kier alpha value is -1.78. The van der Waals surface area contributed by atoms with Gasteiger partial charge in [-0.3, -0.25) is 0 Å². The predicted molar refractivity (Wildman–Crippen MR) is 79.9 cm³/mol. The van der Waals surface area contributed by atoms with E-state index in [1.165, 1.54) is 6.20 Å². The van der Waals surface area contributed by atoms with Gasteiger partial charge in [0.1, 0.15) is 17.7 Å². The van der Waals surface area contributed by atoms with Gasteiger partial charge in [0.05, 0.1) is 11.1 Å². The normalized spacial score (nSPS) is 12.4. The third-order valence-corrected chi connectivity index (χ3v) is 2.96. The first kappa shape index (κ1) is 14.6. The summed E-state index contributed by atoms with van der Waals surface area (Å²) in [6.07, 6.45) is 0.628. The summed E-state index contributed by atoms with van der Waals surface area (Å²) < 4.78 is 5.61. The minimum absolute atomic E-state index is 0.0697. The molecule has 0 aliphatic carbocycles. The van der Waals surface area contributed by atoms with Gasteiger partial charge in [-0.2, -0.15) is 0 Å². The van der Waals surface area contributed by atoms with Crippen molar-refractivity contribution in [3.05, 3.63) is 52.7 Å². The van der Waals surface area contributed by atoms with Gasteiger partial charge >= 0.3 is 0 Å². The largest absolute Gasteiger partial charge is 0.491 e. The van der Waals surface area contributed by atoms with Gasteiger partial charge in [-0.15, -0.1) is 0 Å².